The molecule has 1 aliphatic rings. The molecule has 1 aliphatic heterocycles. The van der Waals surface area contributed by atoms with Gasteiger partial charge in [-0.3, -0.25) is 9.30 Å². The van der Waals surface area contributed by atoms with Crippen LogP contribution in [-0.2, 0) is 6.42 Å². The predicted molar refractivity (Wildman–Crippen MR) is 88.2 cm³/mol. The SMILES string of the molecule is CCNC(Cc1cn2ccsc2n1)C1CN(C)CCN1C. The molecule has 0 aliphatic carbocycles. The summed E-state index contributed by atoms with van der Waals surface area (Å²) in [6.45, 7) is 6.61. The van der Waals surface area contributed by atoms with E-state index >= 15 is 0 Å². The monoisotopic (exact) mass is 307 g/mol. The molecule has 0 spiro atoms. The molecule has 21 heavy (non-hydrogen) atoms. The Morgan fingerprint density at radius 1 is 1.43 bits per heavy atom. The number of imidazole rings is 1. The Labute approximate surface area is 130 Å². The highest BCUT2D eigenvalue weighted by Crippen LogP contribution is 2.16. The average Bonchev–Trinajstić information content (AvgIpc) is 3.02. The lowest BCUT2D eigenvalue weighted by atomic mass is 9.99. The van der Waals surface area contributed by atoms with Gasteiger partial charge in [0.1, 0.15) is 0 Å². The maximum atomic E-state index is 4.74. The standard InChI is InChI=1S/C15H25N5S/c1-4-16-13(14-11-18(2)5-6-19(14)3)9-12-10-20-7-8-21-15(20)17-12/h7-8,10,13-14,16H,4-6,9,11H2,1-3H3. The lowest BCUT2D eigenvalue weighted by Gasteiger charge is -2.42. The van der Waals surface area contributed by atoms with E-state index in [0.29, 0.717) is 12.1 Å². The van der Waals surface area contributed by atoms with Crippen LogP contribution in [-0.4, -0.2) is 71.5 Å². The highest BCUT2D eigenvalue weighted by atomic mass is 32.1. The van der Waals surface area contributed by atoms with Crippen molar-refractivity contribution in [1.82, 2.24) is 24.5 Å². The van der Waals surface area contributed by atoms with Gasteiger partial charge in [0, 0.05) is 55.9 Å². The first-order valence-corrected chi connectivity index (χ1v) is 8.58. The van der Waals surface area contributed by atoms with Crippen molar-refractivity contribution in [3.8, 4) is 0 Å². The fourth-order valence-electron chi connectivity index (χ4n) is 3.18. The molecule has 5 nitrogen and oxygen atoms in total. The zero-order valence-corrected chi connectivity index (χ0v) is 13.9. The maximum Gasteiger partial charge on any atom is 0.193 e. The van der Waals surface area contributed by atoms with Gasteiger partial charge < -0.3 is 10.2 Å². The molecular formula is C15H25N5S. The Morgan fingerprint density at radius 3 is 3.05 bits per heavy atom. The molecule has 6 heteroatoms. The number of nitrogens with zero attached hydrogens (tertiary/aromatic N) is 4. The van der Waals surface area contributed by atoms with Gasteiger partial charge in [0.2, 0.25) is 0 Å². The van der Waals surface area contributed by atoms with Crippen LogP contribution in [0, 0.1) is 0 Å². The van der Waals surface area contributed by atoms with Crippen molar-refractivity contribution in [3.63, 3.8) is 0 Å². The smallest absolute Gasteiger partial charge is 0.193 e. The van der Waals surface area contributed by atoms with Crippen LogP contribution in [0.3, 0.4) is 0 Å². The van der Waals surface area contributed by atoms with E-state index in [-0.39, 0.29) is 0 Å². The summed E-state index contributed by atoms with van der Waals surface area (Å²) in [6.07, 6.45) is 5.24. The van der Waals surface area contributed by atoms with Crippen LogP contribution in [0.25, 0.3) is 4.96 Å². The molecule has 2 aromatic rings. The minimum absolute atomic E-state index is 0.451. The van der Waals surface area contributed by atoms with Gasteiger partial charge in [-0.25, -0.2) is 4.98 Å². The summed E-state index contributed by atoms with van der Waals surface area (Å²) < 4.78 is 2.12. The summed E-state index contributed by atoms with van der Waals surface area (Å²) in [7, 11) is 4.46. The van der Waals surface area contributed by atoms with E-state index in [4.69, 9.17) is 4.98 Å². The molecule has 2 atom stereocenters. The van der Waals surface area contributed by atoms with Gasteiger partial charge in [-0.15, -0.1) is 11.3 Å². The van der Waals surface area contributed by atoms with Crippen LogP contribution in [0.4, 0.5) is 0 Å². The van der Waals surface area contributed by atoms with Gasteiger partial charge in [0.05, 0.1) is 5.69 Å². The predicted octanol–water partition coefficient (Wildman–Crippen LogP) is 1.16. The minimum atomic E-state index is 0.451. The van der Waals surface area contributed by atoms with Crippen LogP contribution in [0.1, 0.15) is 12.6 Å². The van der Waals surface area contributed by atoms with Gasteiger partial charge in [-0.05, 0) is 20.6 Å². The number of hydrogen-bond acceptors (Lipinski definition) is 5. The fourth-order valence-corrected chi connectivity index (χ4v) is 3.90. The van der Waals surface area contributed by atoms with Crippen LogP contribution >= 0.6 is 11.3 Å². The van der Waals surface area contributed by atoms with E-state index < -0.39 is 0 Å². The molecule has 1 N–H and O–H groups in total. The van der Waals surface area contributed by atoms with Crippen molar-refractivity contribution in [3.05, 3.63) is 23.5 Å². The van der Waals surface area contributed by atoms with Crippen LogP contribution in [0.2, 0.25) is 0 Å². The third-order valence-corrected chi connectivity index (χ3v) is 5.17. The first-order valence-electron chi connectivity index (χ1n) is 7.70. The Balaban J connectivity index is 1.75. The van der Waals surface area contributed by atoms with Crippen molar-refractivity contribution >= 4 is 16.3 Å². The van der Waals surface area contributed by atoms with Crippen molar-refractivity contribution in [2.45, 2.75) is 25.4 Å². The van der Waals surface area contributed by atoms with E-state index in [1.165, 1.54) is 5.69 Å². The van der Waals surface area contributed by atoms with Gasteiger partial charge >= 0.3 is 0 Å². The van der Waals surface area contributed by atoms with Crippen LogP contribution in [0.15, 0.2) is 17.8 Å². The van der Waals surface area contributed by atoms with Crippen molar-refractivity contribution in [1.29, 1.82) is 0 Å². The molecule has 0 saturated carbocycles. The summed E-state index contributed by atoms with van der Waals surface area (Å²) in [5.74, 6) is 0. The Hall–Kier alpha value is -0.950. The van der Waals surface area contributed by atoms with Crippen LogP contribution < -0.4 is 5.32 Å². The molecule has 3 heterocycles. The summed E-state index contributed by atoms with van der Waals surface area (Å²) in [5, 5.41) is 5.76. The van der Waals surface area contributed by atoms with Crippen molar-refractivity contribution < 1.29 is 0 Å². The second-order valence-corrected chi connectivity index (χ2v) is 6.88. The van der Waals surface area contributed by atoms with Crippen LogP contribution in [0.5, 0.6) is 0 Å². The lowest BCUT2D eigenvalue weighted by molar-refractivity contribution is 0.0879. The van der Waals surface area contributed by atoms with E-state index in [9.17, 15) is 0 Å². The zero-order chi connectivity index (χ0) is 14.8. The Morgan fingerprint density at radius 2 is 2.29 bits per heavy atom. The van der Waals surface area contributed by atoms with E-state index in [0.717, 1.165) is 37.6 Å². The van der Waals surface area contributed by atoms with Gasteiger partial charge in [-0.2, -0.15) is 0 Å². The molecule has 0 radical (unpaired) electrons. The maximum absolute atomic E-state index is 4.74. The molecule has 0 aromatic carbocycles. The van der Waals surface area contributed by atoms with Gasteiger partial charge in [-0.1, -0.05) is 6.92 Å². The van der Waals surface area contributed by atoms with Gasteiger partial charge in [0.15, 0.2) is 4.96 Å². The molecule has 2 aromatic heterocycles. The van der Waals surface area contributed by atoms with E-state index in [2.05, 4.69) is 58.3 Å². The number of likely N-dealkylation sites (N-methyl/N-ethyl adjacent to an activating group) is 3. The number of fused-ring (bicyclic) bond motifs is 1. The summed E-state index contributed by atoms with van der Waals surface area (Å²) in [5.41, 5.74) is 1.19. The average molecular weight is 307 g/mol. The Kier molecular flexibility index (Phi) is 4.59. The molecule has 2 unspecified atom stereocenters. The molecule has 1 saturated heterocycles. The largest absolute Gasteiger partial charge is 0.312 e. The number of piperazine rings is 1. The minimum Gasteiger partial charge on any atom is -0.312 e. The molecular weight excluding hydrogens is 282 g/mol. The lowest BCUT2D eigenvalue weighted by Crippen LogP contribution is -2.59. The van der Waals surface area contributed by atoms with Gasteiger partial charge in [0.25, 0.3) is 0 Å². The Bertz CT molecular complexity index is 549. The highest BCUT2D eigenvalue weighted by Gasteiger charge is 2.29. The number of nitrogens with one attached hydrogen (secondary N) is 1. The third kappa shape index (κ3) is 3.29. The molecule has 116 valence electrons. The normalized spacial score (nSPS) is 22.9. The molecule has 0 bridgehead atoms. The number of rotatable bonds is 5. The van der Waals surface area contributed by atoms with Crippen molar-refractivity contribution in [2.24, 2.45) is 0 Å². The van der Waals surface area contributed by atoms with E-state index in [1.54, 1.807) is 11.3 Å². The molecule has 3 rings (SSSR count). The quantitative estimate of drug-likeness (QED) is 0.899. The first kappa shape index (κ1) is 15.0. The summed E-state index contributed by atoms with van der Waals surface area (Å²) in [4.78, 5) is 10.8. The molecule has 0 amide bonds. The zero-order valence-electron chi connectivity index (χ0n) is 13.1. The molecule has 1 fully saturated rings. The number of aromatic nitrogens is 2. The highest BCUT2D eigenvalue weighted by molar-refractivity contribution is 7.15. The first-order chi connectivity index (χ1) is 10.2. The van der Waals surface area contributed by atoms with Crippen molar-refractivity contribution in [2.75, 3.05) is 40.3 Å². The summed E-state index contributed by atoms with van der Waals surface area (Å²) >= 11 is 1.70. The van der Waals surface area contributed by atoms with E-state index in [1.807, 2.05) is 0 Å². The number of hydrogen-bond donors (Lipinski definition) is 1. The second kappa shape index (κ2) is 6.44. The second-order valence-electron chi connectivity index (χ2n) is 6.00. The number of thiazole rings is 1. The topological polar surface area (TPSA) is 35.8 Å². The fraction of sp³-hybridized carbons (Fsp3) is 0.667. The summed E-state index contributed by atoms with van der Waals surface area (Å²) in [6, 6.07) is 0.996. The third-order valence-electron chi connectivity index (χ3n) is 4.40.